The molecule has 1 amide bonds. The molecule has 2 N–H and O–H groups in total. The number of amides is 1. The monoisotopic (exact) mass is 362 g/mol. The first-order chi connectivity index (χ1) is 9.97. The van der Waals surface area contributed by atoms with Crippen LogP contribution >= 0.6 is 46.4 Å². The topological polar surface area (TPSA) is 41.1 Å². The van der Waals surface area contributed by atoms with Crippen LogP contribution in [0.1, 0.15) is 0 Å². The van der Waals surface area contributed by atoms with Crippen LogP contribution in [-0.2, 0) is 4.79 Å². The third-order valence-corrected chi connectivity index (χ3v) is 4.15. The molecule has 0 unspecified atom stereocenters. The number of anilines is 2. The fraction of sp³-hybridized carbons (Fsp3) is 0.0714. The third kappa shape index (κ3) is 4.42. The first-order valence-corrected chi connectivity index (χ1v) is 7.41. The van der Waals surface area contributed by atoms with Crippen molar-refractivity contribution in [3.05, 3.63) is 56.5 Å². The Kier molecular flexibility index (Phi) is 5.59. The zero-order valence-electron chi connectivity index (χ0n) is 10.6. The van der Waals surface area contributed by atoms with Gasteiger partial charge in [0.1, 0.15) is 0 Å². The smallest absolute Gasteiger partial charge is 0.243 e. The molecule has 0 aliphatic rings. The lowest BCUT2D eigenvalue weighted by Gasteiger charge is -2.10. The average molecular weight is 364 g/mol. The standard InChI is InChI=1S/C14H10Cl4N2O/c15-9-5-4-8(6-11(9)17)20-13(21)7-19-12-3-1-2-10(16)14(12)18/h1-6,19H,7H2,(H,20,21). The fourth-order valence-electron chi connectivity index (χ4n) is 1.59. The summed E-state index contributed by atoms with van der Waals surface area (Å²) in [5, 5.41) is 7.21. The number of benzene rings is 2. The first kappa shape index (κ1) is 16.2. The minimum Gasteiger partial charge on any atom is -0.375 e. The number of carbonyl (C=O) groups is 1. The lowest BCUT2D eigenvalue weighted by Crippen LogP contribution is -2.21. The molecule has 2 aromatic rings. The van der Waals surface area contributed by atoms with Gasteiger partial charge in [0.15, 0.2) is 0 Å². The van der Waals surface area contributed by atoms with Crippen molar-refractivity contribution in [2.75, 3.05) is 17.2 Å². The molecule has 0 radical (unpaired) electrons. The van der Waals surface area contributed by atoms with Gasteiger partial charge in [-0.2, -0.15) is 0 Å². The number of hydrogen-bond donors (Lipinski definition) is 2. The van der Waals surface area contributed by atoms with Gasteiger partial charge in [-0.25, -0.2) is 0 Å². The fourth-order valence-corrected chi connectivity index (χ4v) is 2.26. The Balaban J connectivity index is 1.96. The van der Waals surface area contributed by atoms with Gasteiger partial charge in [0.25, 0.3) is 0 Å². The van der Waals surface area contributed by atoms with Crippen molar-refractivity contribution in [3.63, 3.8) is 0 Å². The molecule has 0 spiro atoms. The lowest BCUT2D eigenvalue weighted by molar-refractivity contribution is -0.114. The molecule has 21 heavy (non-hydrogen) atoms. The summed E-state index contributed by atoms with van der Waals surface area (Å²) in [6, 6.07) is 10.0. The number of nitrogens with one attached hydrogen (secondary N) is 2. The highest BCUT2D eigenvalue weighted by Gasteiger charge is 2.07. The number of rotatable bonds is 4. The van der Waals surface area contributed by atoms with Crippen molar-refractivity contribution in [2.24, 2.45) is 0 Å². The van der Waals surface area contributed by atoms with Gasteiger partial charge in [0, 0.05) is 5.69 Å². The Labute approximate surface area is 142 Å². The molecule has 0 aliphatic carbocycles. The van der Waals surface area contributed by atoms with Crippen molar-refractivity contribution < 1.29 is 4.79 Å². The molecule has 7 heteroatoms. The molecular weight excluding hydrogens is 354 g/mol. The second kappa shape index (κ2) is 7.23. The van der Waals surface area contributed by atoms with Crippen LogP contribution in [0, 0.1) is 0 Å². The second-order valence-electron chi connectivity index (χ2n) is 4.13. The molecular formula is C14H10Cl4N2O. The van der Waals surface area contributed by atoms with E-state index in [0.717, 1.165) is 0 Å². The van der Waals surface area contributed by atoms with Gasteiger partial charge in [-0.05, 0) is 30.3 Å². The maximum Gasteiger partial charge on any atom is 0.243 e. The van der Waals surface area contributed by atoms with Crippen LogP contribution in [0.5, 0.6) is 0 Å². The third-order valence-electron chi connectivity index (χ3n) is 2.59. The summed E-state index contributed by atoms with van der Waals surface area (Å²) < 4.78 is 0. The molecule has 0 bridgehead atoms. The lowest BCUT2D eigenvalue weighted by atomic mass is 10.3. The van der Waals surface area contributed by atoms with Gasteiger partial charge in [-0.1, -0.05) is 52.5 Å². The zero-order chi connectivity index (χ0) is 15.4. The number of halogens is 4. The first-order valence-electron chi connectivity index (χ1n) is 5.90. The van der Waals surface area contributed by atoms with Gasteiger partial charge in [0.05, 0.1) is 32.3 Å². The molecule has 0 aliphatic heterocycles. The summed E-state index contributed by atoms with van der Waals surface area (Å²) in [5.74, 6) is -0.246. The quantitative estimate of drug-likeness (QED) is 0.768. The van der Waals surface area contributed by atoms with Crippen molar-refractivity contribution in [2.45, 2.75) is 0 Å². The molecule has 2 rings (SSSR count). The van der Waals surface area contributed by atoms with Gasteiger partial charge < -0.3 is 10.6 Å². The molecule has 0 heterocycles. The van der Waals surface area contributed by atoms with Crippen LogP contribution in [-0.4, -0.2) is 12.5 Å². The maximum atomic E-state index is 11.9. The molecule has 0 saturated heterocycles. The normalized spacial score (nSPS) is 10.3. The Morgan fingerprint density at radius 1 is 0.952 bits per heavy atom. The summed E-state index contributed by atoms with van der Waals surface area (Å²) in [4.78, 5) is 11.9. The van der Waals surface area contributed by atoms with Crippen LogP contribution in [0.25, 0.3) is 0 Å². The van der Waals surface area contributed by atoms with Crippen molar-refractivity contribution in [3.8, 4) is 0 Å². The molecule has 0 aromatic heterocycles. The summed E-state index contributed by atoms with van der Waals surface area (Å²) in [7, 11) is 0. The van der Waals surface area contributed by atoms with Crippen molar-refractivity contribution in [1.82, 2.24) is 0 Å². The number of carbonyl (C=O) groups excluding carboxylic acids is 1. The van der Waals surface area contributed by atoms with E-state index in [2.05, 4.69) is 10.6 Å². The summed E-state index contributed by atoms with van der Waals surface area (Å²) in [6.45, 7) is 0.0420. The summed E-state index contributed by atoms with van der Waals surface area (Å²) in [6.07, 6.45) is 0. The van der Waals surface area contributed by atoms with E-state index < -0.39 is 0 Å². The van der Waals surface area contributed by atoms with Crippen molar-refractivity contribution in [1.29, 1.82) is 0 Å². The van der Waals surface area contributed by atoms with Gasteiger partial charge in [-0.15, -0.1) is 0 Å². The maximum absolute atomic E-state index is 11.9. The van der Waals surface area contributed by atoms with E-state index in [0.29, 0.717) is 31.5 Å². The van der Waals surface area contributed by atoms with E-state index in [4.69, 9.17) is 46.4 Å². The molecule has 0 fully saturated rings. The highest BCUT2D eigenvalue weighted by atomic mass is 35.5. The highest BCUT2D eigenvalue weighted by Crippen LogP contribution is 2.29. The van der Waals surface area contributed by atoms with E-state index in [1.807, 2.05) is 0 Å². The van der Waals surface area contributed by atoms with Gasteiger partial charge in [-0.3, -0.25) is 4.79 Å². The predicted octanol–water partition coefficient (Wildman–Crippen LogP) is 5.35. The Hall–Kier alpha value is -1.13. The summed E-state index contributed by atoms with van der Waals surface area (Å²) in [5.41, 5.74) is 1.15. The Morgan fingerprint density at radius 3 is 2.43 bits per heavy atom. The zero-order valence-corrected chi connectivity index (χ0v) is 13.6. The molecule has 0 saturated carbocycles. The van der Waals surface area contributed by atoms with Crippen LogP contribution in [0.3, 0.4) is 0 Å². The Bertz CT molecular complexity index is 676. The van der Waals surface area contributed by atoms with Gasteiger partial charge >= 0.3 is 0 Å². The molecule has 110 valence electrons. The SMILES string of the molecule is O=C(CNc1cccc(Cl)c1Cl)Nc1ccc(Cl)c(Cl)c1. The Morgan fingerprint density at radius 2 is 1.71 bits per heavy atom. The second-order valence-corrected chi connectivity index (χ2v) is 5.73. The highest BCUT2D eigenvalue weighted by molar-refractivity contribution is 6.43. The largest absolute Gasteiger partial charge is 0.375 e. The van der Waals surface area contributed by atoms with Crippen molar-refractivity contribution >= 4 is 63.7 Å². The van der Waals surface area contributed by atoms with Crippen LogP contribution in [0.4, 0.5) is 11.4 Å². The average Bonchev–Trinajstić information content (AvgIpc) is 2.44. The van der Waals surface area contributed by atoms with E-state index in [1.54, 1.807) is 36.4 Å². The van der Waals surface area contributed by atoms with Crippen LogP contribution in [0.2, 0.25) is 20.1 Å². The van der Waals surface area contributed by atoms with Crippen LogP contribution in [0.15, 0.2) is 36.4 Å². The van der Waals surface area contributed by atoms with Crippen LogP contribution < -0.4 is 10.6 Å². The predicted molar refractivity (Wildman–Crippen MR) is 90.0 cm³/mol. The van der Waals surface area contributed by atoms with E-state index in [9.17, 15) is 4.79 Å². The van der Waals surface area contributed by atoms with E-state index in [-0.39, 0.29) is 12.5 Å². The van der Waals surface area contributed by atoms with E-state index >= 15 is 0 Å². The minimum absolute atomic E-state index is 0.0420. The summed E-state index contributed by atoms with van der Waals surface area (Å²) >= 11 is 23.6. The molecule has 2 aromatic carbocycles. The molecule has 0 atom stereocenters. The molecule has 3 nitrogen and oxygen atoms in total. The minimum atomic E-state index is -0.246. The van der Waals surface area contributed by atoms with Gasteiger partial charge in [0.2, 0.25) is 5.91 Å². The number of hydrogen-bond acceptors (Lipinski definition) is 2. The van der Waals surface area contributed by atoms with E-state index in [1.165, 1.54) is 0 Å².